The molecular formula is C23H17ClFN5O2S. The molecule has 33 heavy (non-hydrogen) atoms. The van der Waals surface area contributed by atoms with Crippen molar-refractivity contribution in [2.45, 2.75) is 26.5 Å². The number of thioether (sulfide) groups is 1. The number of carbonyl (C=O) groups is 1. The third-order valence-corrected chi connectivity index (χ3v) is 5.80. The van der Waals surface area contributed by atoms with Gasteiger partial charge in [-0.2, -0.15) is 10.3 Å². The fraction of sp³-hybridized carbons (Fsp3) is 0.174. The van der Waals surface area contributed by atoms with Gasteiger partial charge >= 0.3 is 0 Å². The molecule has 3 aromatic rings. The number of fused-ring (bicyclic) bond motifs is 1. The number of carbonyl (C=O) groups excluding carboxylic acids is 1. The van der Waals surface area contributed by atoms with Crippen LogP contribution in [0.3, 0.4) is 0 Å². The van der Waals surface area contributed by atoms with E-state index in [1.807, 2.05) is 13.8 Å². The Morgan fingerprint density at radius 3 is 2.88 bits per heavy atom. The van der Waals surface area contributed by atoms with Crippen molar-refractivity contribution in [3.8, 4) is 11.8 Å². The van der Waals surface area contributed by atoms with Crippen LogP contribution in [-0.2, 0) is 11.3 Å². The Morgan fingerprint density at radius 1 is 1.33 bits per heavy atom. The molecule has 0 saturated heterocycles. The van der Waals surface area contributed by atoms with Gasteiger partial charge in [0.05, 0.1) is 22.2 Å². The number of aromatic nitrogens is 2. The smallest absolute Gasteiger partial charge is 0.286 e. The number of hydrogen-bond donors (Lipinski definition) is 1. The van der Waals surface area contributed by atoms with Crippen molar-refractivity contribution in [3.63, 3.8) is 0 Å². The van der Waals surface area contributed by atoms with Crippen molar-refractivity contribution < 1.29 is 13.9 Å². The first-order chi connectivity index (χ1) is 15.8. The van der Waals surface area contributed by atoms with Crippen LogP contribution in [0.1, 0.15) is 30.7 Å². The molecule has 7 nitrogen and oxygen atoms in total. The summed E-state index contributed by atoms with van der Waals surface area (Å²) in [6, 6.07) is 9.68. The summed E-state index contributed by atoms with van der Waals surface area (Å²) in [4.78, 5) is 25.6. The van der Waals surface area contributed by atoms with Gasteiger partial charge in [0.2, 0.25) is 0 Å². The van der Waals surface area contributed by atoms with E-state index in [9.17, 15) is 14.4 Å². The third-order valence-electron chi connectivity index (χ3n) is 4.51. The Balaban J connectivity index is 1.56. The Bertz CT molecular complexity index is 1370. The summed E-state index contributed by atoms with van der Waals surface area (Å²) >= 11 is 7.21. The number of nitriles is 1. The molecule has 1 aliphatic heterocycles. The summed E-state index contributed by atoms with van der Waals surface area (Å²) in [5, 5.41) is 13.1. The lowest BCUT2D eigenvalue weighted by Gasteiger charge is -2.13. The van der Waals surface area contributed by atoms with E-state index >= 15 is 0 Å². The largest absolute Gasteiger partial charge is 0.487 e. The van der Waals surface area contributed by atoms with Gasteiger partial charge in [0.1, 0.15) is 23.0 Å². The fourth-order valence-corrected chi connectivity index (χ4v) is 4.06. The maximum absolute atomic E-state index is 13.2. The molecule has 0 aliphatic carbocycles. The zero-order valence-corrected chi connectivity index (χ0v) is 19.2. The first-order valence-corrected chi connectivity index (χ1v) is 11.1. The van der Waals surface area contributed by atoms with Crippen LogP contribution in [0, 0.1) is 17.1 Å². The maximum atomic E-state index is 13.2. The van der Waals surface area contributed by atoms with Crippen LogP contribution in [-0.4, -0.2) is 27.1 Å². The number of aliphatic imine (C=N–C) groups is 1. The minimum Gasteiger partial charge on any atom is -0.487 e. The molecule has 0 saturated carbocycles. The summed E-state index contributed by atoms with van der Waals surface area (Å²) in [5.41, 5.74) is 2.49. The molecule has 2 aromatic heterocycles. The highest BCUT2D eigenvalue weighted by Crippen LogP contribution is 2.31. The molecule has 166 valence electrons. The van der Waals surface area contributed by atoms with E-state index in [4.69, 9.17) is 16.3 Å². The molecule has 0 bridgehead atoms. The molecule has 4 rings (SSSR count). The average molecular weight is 482 g/mol. The van der Waals surface area contributed by atoms with Crippen molar-refractivity contribution in [2.75, 3.05) is 0 Å². The van der Waals surface area contributed by atoms with Crippen LogP contribution in [0.2, 0.25) is 5.02 Å². The molecule has 1 aliphatic rings. The number of ether oxygens (including phenoxy) is 1. The zero-order valence-electron chi connectivity index (χ0n) is 17.6. The van der Waals surface area contributed by atoms with E-state index in [0.717, 1.165) is 11.8 Å². The molecule has 1 N–H and O–H groups in total. The number of nitrogens with one attached hydrogen (secondary N) is 1. The lowest BCUT2D eigenvalue weighted by Crippen LogP contribution is -2.18. The summed E-state index contributed by atoms with van der Waals surface area (Å²) < 4.78 is 19.0. The van der Waals surface area contributed by atoms with E-state index < -0.39 is 11.7 Å². The summed E-state index contributed by atoms with van der Waals surface area (Å²) in [6.07, 6.45) is 2.92. The first kappa shape index (κ1) is 22.7. The number of halogens is 2. The molecule has 10 heteroatoms. The van der Waals surface area contributed by atoms with Crippen LogP contribution < -0.4 is 10.1 Å². The first-order valence-electron chi connectivity index (χ1n) is 9.91. The molecule has 0 atom stereocenters. The summed E-state index contributed by atoms with van der Waals surface area (Å²) in [6.45, 7) is 4.01. The highest BCUT2D eigenvalue weighted by molar-refractivity contribution is 8.18. The molecule has 0 unspecified atom stereocenters. The molecule has 3 heterocycles. The van der Waals surface area contributed by atoms with Crippen LogP contribution in [0.4, 0.5) is 4.39 Å². The second-order valence-electron chi connectivity index (χ2n) is 7.31. The normalized spacial score (nSPS) is 14.6. The number of rotatable bonds is 5. The van der Waals surface area contributed by atoms with Crippen molar-refractivity contribution in [2.24, 2.45) is 4.99 Å². The molecule has 1 amide bonds. The van der Waals surface area contributed by atoms with Crippen molar-refractivity contribution in [1.82, 2.24) is 15.3 Å². The van der Waals surface area contributed by atoms with Gasteiger partial charge in [-0.25, -0.2) is 9.37 Å². The van der Waals surface area contributed by atoms with Gasteiger partial charge in [-0.05, 0) is 61.5 Å². The fourth-order valence-electron chi connectivity index (χ4n) is 3.03. The Kier molecular flexibility index (Phi) is 6.58. The van der Waals surface area contributed by atoms with E-state index in [-0.39, 0.29) is 18.2 Å². The minimum atomic E-state index is -0.418. The third kappa shape index (κ3) is 5.13. The van der Waals surface area contributed by atoms with Gasteiger partial charge in [-0.15, -0.1) is 0 Å². The average Bonchev–Trinajstić information content (AvgIpc) is 3.12. The zero-order chi connectivity index (χ0) is 23.5. The van der Waals surface area contributed by atoms with Gasteiger partial charge in [0, 0.05) is 17.8 Å². The molecule has 1 aromatic carbocycles. The second-order valence-corrected chi connectivity index (χ2v) is 8.74. The Morgan fingerprint density at radius 2 is 2.15 bits per heavy atom. The quantitative estimate of drug-likeness (QED) is 0.520. The van der Waals surface area contributed by atoms with Gasteiger partial charge in [0.25, 0.3) is 5.91 Å². The van der Waals surface area contributed by atoms with Crippen LogP contribution in [0.5, 0.6) is 5.75 Å². The van der Waals surface area contributed by atoms with E-state index in [1.165, 1.54) is 18.3 Å². The van der Waals surface area contributed by atoms with Gasteiger partial charge < -0.3 is 10.1 Å². The molecule has 0 radical (unpaired) electrons. The topological polar surface area (TPSA) is 100 Å². The lowest BCUT2D eigenvalue weighted by atomic mass is 10.2. The van der Waals surface area contributed by atoms with E-state index in [0.29, 0.717) is 43.1 Å². The van der Waals surface area contributed by atoms with Crippen molar-refractivity contribution in [1.29, 1.82) is 5.26 Å². The summed E-state index contributed by atoms with van der Waals surface area (Å²) in [5.74, 6) is -0.464. The number of pyridine rings is 2. The van der Waals surface area contributed by atoms with Crippen LogP contribution >= 0.6 is 23.4 Å². The Hall–Kier alpha value is -3.48. The standard InChI is InChI=1S/C23H17ClFN5O2S/c1-12(2)32-21-14(9-26)11-27-18-6-5-16(29-20(18)21)8-19-22(31)30-23(33-19)28-10-13-3-4-15(25)7-17(13)24/h3-8,11-12H,10H2,1-2H3,(H,28,30,31)/b19-8+. The van der Waals surface area contributed by atoms with Crippen molar-refractivity contribution >= 4 is 51.5 Å². The summed E-state index contributed by atoms with van der Waals surface area (Å²) in [7, 11) is 0. The van der Waals surface area contributed by atoms with E-state index in [2.05, 4.69) is 26.3 Å². The van der Waals surface area contributed by atoms with Gasteiger partial charge in [0.15, 0.2) is 10.9 Å². The second kappa shape index (κ2) is 9.57. The lowest BCUT2D eigenvalue weighted by molar-refractivity contribution is -0.113. The minimum absolute atomic E-state index is 0.157. The number of amidine groups is 1. The van der Waals surface area contributed by atoms with Gasteiger partial charge in [-0.1, -0.05) is 17.7 Å². The predicted octanol–water partition coefficient (Wildman–Crippen LogP) is 4.84. The van der Waals surface area contributed by atoms with Gasteiger partial charge in [-0.3, -0.25) is 9.78 Å². The number of benzene rings is 1. The molecular weight excluding hydrogens is 465 g/mol. The maximum Gasteiger partial charge on any atom is 0.286 e. The highest BCUT2D eigenvalue weighted by atomic mass is 35.5. The SMILES string of the molecule is CC(C)Oc1c(C#N)cnc2ccc(/C=C3/SC(NCc4ccc(F)cc4Cl)=NC3=O)nc12. The number of hydrogen-bond acceptors (Lipinski definition) is 7. The molecule has 0 fully saturated rings. The van der Waals surface area contributed by atoms with Crippen molar-refractivity contribution in [3.05, 3.63) is 69.1 Å². The Labute approximate surface area is 198 Å². The van der Waals surface area contributed by atoms with Crippen LogP contribution in [0.25, 0.3) is 17.1 Å². The highest BCUT2D eigenvalue weighted by Gasteiger charge is 2.22. The van der Waals surface area contributed by atoms with E-state index in [1.54, 1.807) is 24.3 Å². The monoisotopic (exact) mass is 481 g/mol. The molecule has 0 spiro atoms. The predicted molar refractivity (Wildman–Crippen MR) is 126 cm³/mol. The number of nitrogens with zero attached hydrogens (tertiary/aromatic N) is 4. The van der Waals surface area contributed by atoms with Crippen LogP contribution in [0.15, 0.2) is 46.4 Å². The number of amides is 1.